The number of aromatic hydroxyl groups is 1. The fourth-order valence-electron chi connectivity index (χ4n) is 0.860. The highest BCUT2D eigenvalue weighted by Gasteiger charge is 2.24. The number of halogens is 3. The van der Waals surface area contributed by atoms with Crippen molar-refractivity contribution in [3.05, 3.63) is 15.5 Å². The van der Waals surface area contributed by atoms with Gasteiger partial charge in [0, 0.05) is 6.07 Å². The summed E-state index contributed by atoms with van der Waals surface area (Å²) in [5.74, 6) is -0.510. The van der Waals surface area contributed by atoms with E-state index in [9.17, 15) is 17.2 Å². The van der Waals surface area contributed by atoms with Gasteiger partial charge in [0.25, 0.3) is 6.43 Å². The van der Waals surface area contributed by atoms with Crippen LogP contribution in [-0.2, 0) is 10.0 Å². The fourth-order valence-corrected chi connectivity index (χ4v) is 1.98. The highest BCUT2D eigenvalue weighted by atomic mass is 127. The smallest absolute Gasteiger partial charge is 0.281 e. The second kappa shape index (κ2) is 4.14. The number of nitrogens with two attached hydrogens (primary N) is 1. The van der Waals surface area contributed by atoms with Gasteiger partial charge in [0.15, 0.2) is 0 Å². The van der Waals surface area contributed by atoms with Gasteiger partial charge in [0.1, 0.15) is 20.0 Å². The normalized spacial score (nSPS) is 12.1. The Morgan fingerprint density at radius 2 is 2.07 bits per heavy atom. The Labute approximate surface area is 97.5 Å². The SMILES string of the molecule is NS(=O)(=O)c1cc(O)c(I)nc1C(F)F. The van der Waals surface area contributed by atoms with Crippen molar-refractivity contribution in [1.29, 1.82) is 0 Å². The van der Waals surface area contributed by atoms with Crippen LogP contribution in [0.1, 0.15) is 12.1 Å². The minimum Gasteiger partial charge on any atom is -0.505 e. The maximum absolute atomic E-state index is 12.4. The molecule has 1 aromatic heterocycles. The number of rotatable bonds is 2. The molecule has 1 rings (SSSR count). The quantitative estimate of drug-likeness (QED) is 0.614. The van der Waals surface area contributed by atoms with Crippen LogP contribution < -0.4 is 5.14 Å². The zero-order valence-electron chi connectivity index (χ0n) is 6.99. The van der Waals surface area contributed by atoms with Gasteiger partial charge in [-0.3, -0.25) is 0 Å². The molecule has 0 bridgehead atoms. The Kier molecular flexibility index (Phi) is 3.45. The molecule has 1 heterocycles. The molecule has 1 aromatic rings. The summed E-state index contributed by atoms with van der Waals surface area (Å²) in [7, 11) is -4.32. The van der Waals surface area contributed by atoms with E-state index in [4.69, 9.17) is 10.2 Å². The topological polar surface area (TPSA) is 93.3 Å². The molecule has 0 radical (unpaired) electrons. The summed E-state index contributed by atoms with van der Waals surface area (Å²) >= 11 is 1.50. The van der Waals surface area contributed by atoms with Crippen molar-refractivity contribution in [3.63, 3.8) is 0 Å². The average molecular weight is 350 g/mol. The zero-order valence-corrected chi connectivity index (χ0v) is 9.96. The summed E-state index contributed by atoms with van der Waals surface area (Å²) < 4.78 is 46.5. The monoisotopic (exact) mass is 350 g/mol. The first-order valence-corrected chi connectivity index (χ1v) is 6.06. The molecule has 0 aliphatic carbocycles. The van der Waals surface area contributed by atoms with E-state index < -0.39 is 32.8 Å². The first kappa shape index (κ1) is 12.5. The van der Waals surface area contributed by atoms with Gasteiger partial charge in [-0.2, -0.15) is 0 Å². The summed E-state index contributed by atoms with van der Waals surface area (Å²) in [6, 6.07) is 0.658. The zero-order chi connectivity index (χ0) is 11.8. The Morgan fingerprint density at radius 3 is 2.47 bits per heavy atom. The molecular formula is C6H5F2IN2O3S. The Balaban J connectivity index is 3.56. The summed E-state index contributed by atoms with van der Waals surface area (Å²) in [6.45, 7) is 0. The van der Waals surface area contributed by atoms with E-state index in [0.717, 1.165) is 0 Å². The third kappa shape index (κ3) is 2.72. The van der Waals surface area contributed by atoms with Crippen molar-refractivity contribution in [2.45, 2.75) is 11.3 Å². The minimum atomic E-state index is -4.32. The molecule has 84 valence electrons. The first-order valence-electron chi connectivity index (χ1n) is 3.44. The lowest BCUT2D eigenvalue weighted by Gasteiger charge is -2.07. The van der Waals surface area contributed by atoms with Crippen molar-refractivity contribution < 1.29 is 22.3 Å². The van der Waals surface area contributed by atoms with Gasteiger partial charge < -0.3 is 5.11 Å². The summed E-state index contributed by atoms with van der Waals surface area (Å²) in [4.78, 5) is 2.40. The van der Waals surface area contributed by atoms with Crippen molar-refractivity contribution in [2.75, 3.05) is 0 Å². The molecule has 0 amide bonds. The summed E-state index contributed by atoms with van der Waals surface area (Å²) in [5.41, 5.74) is -0.959. The largest absolute Gasteiger partial charge is 0.505 e. The van der Waals surface area contributed by atoms with Gasteiger partial charge in [0.2, 0.25) is 10.0 Å². The molecule has 5 nitrogen and oxygen atoms in total. The number of alkyl halides is 2. The van der Waals surface area contributed by atoms with E-state index in [0.29, 0.717) is 6.07 Å². The molecule has 0 spiro atoms. The van der Waals surface area contributed by atoms with Crippen molar-refractivity contribution >= 4 is 32.6 Å². The van der Waals surface area contributed by atoms with E-state index in [-0.39, 0.29) is 3.70 Å². The lowest BCUT2D eigenvalue weighted by molar-refractivity contribution is 0.142. The van der Waals surface area contributed by atoms with Gasteiger partial charge in [-0.05, 0) is 22.6 Å². The van der Waals surface area contributed by atoms with Crippen LogP contribution in [0.3, 0.4) is 0 Å². The van der Waals surface area contributed by atoms with Gasteiger partial charge >= 0.3 is 0 Å². The van der Waals surface area contributed by atoms with Crippen molar-refractivity contribution in [1.82, 2.24) is 4.98 Å². The summed E-state index contributed by atoms with van der Waals surface area (Å²) in [6.07, 6.45) is -3.08. The number of hydrogen-bond acceptors (Lipinski definition) is 4. The molecule has 0 saturated carbocycles. The van der Waals surface area contributed by atoms with Gasteiger partial charge in [-0.1, -0.05) is 0 Å². The lowest BCUT2D eigenvalue weighted by atomic mass is 10.3. The van der Waals surface area contributed by atoms with Gasteiger partial charge in [0.05, 0.1) is 0 Å². The lowest BCUT2D eigenvalue weighted by Crippen LogP contribution is -2.16. The van der Waals surface area contributed by atoms with Crippen LogP contribution in [0, 0.1) is 3.70 Å². The highest BCUT2D eigenvalue weighted by Crippen LogP contribution is 2.29. The van der Waals surface area contributed by atoms with Crippen LogP contribution in [0.4, 0.5) is 8.78 Å². The van der Waals surface area contributed by atoms with Gasteiger partial charge in [-0.15, -0.1) is 0 Å². The van der Waals surface area contributed by atoms with Crippen LogP contribution in [0.5, 0.6) is 5.75 Å². The maximum atomic E-state index is 12.4. The number of primary sulfonamides is 1. The molecule has 15 heavy (non-hydrogen) atoms. The predicted molar refractivity (Wildman–Crippen MR) is 54.9 cm³/mol. The third-order valence-corrected chi connectivity index (χ3v) is 3.20. The standard InChI is InChI=1S/C6H5F2IN2O3S/c7-5(8)4-3(15(10,13)14)1-2(12)6(9)11-4/h1,5,12H,(H2,10,13,14). The fraction of sp³-hybridized carbons (Fsp3) is 0.167. The van der Waals surface area contributed by atoms with E-state index in [2.05, 4.69) is 4.98 Å². The van der Waals surface area contributed by atoms with E-state index in [1.54, 1.807) is 0 Å². The number of aromatic nitrogens is 1. The van der Waals surface area contributed by atoms with Crippen molar-refractivity contribution in [2.24, 2.45) is 5.14 Å². The number of sulfonamides is 1. The number of hydrogen-bond donors (Lipinski definition) is 2. The second-order valence-corrected chi connectivity index (χ2v) is 5.08. The second-order valence-electron chi connectivity index (χ2n) is 2.53. The molecule has 0 aromatic carbocycles. The van der Waals surface area contributed by atoms with E-state index >= 15 is 0 Å². The number of pyridine rings is 1. The van der Waals surface area contributed by atoms with E-state index in [1.165, 1.54) is 22.6 Å². The van der Waals surface area contributed by atoms with Crippen LogP contribution in [0.2, 0.25) is 0 Å². The molecule has 0 aliphatic rings. The van der Waals surface area contributed by atoms with Crippen LogP contribution in [0.15, 0.2) is 11.0 Å². The molecule has 0 atom stereocenters. The molecule has 0 fully saturated rings. The molecule has 0 unspecified atom stereocenters. The predicted octanol–water partition coefficient (Wildman–Crippen LogP) is 0.977. The molecule has 9 heteroatoms. The molecule has 3 N–H and O–H groups in total. The van der Waals surface area contributed by atoms with Crippen LogP contribution in [0.25, 0.3) is 0 Å². The van der Waals surface area contributed by atoms with Crippen molar-refractivity contribution in [3.8, 4) is 5.75 Å². The van der Waals surface area contributed by atoms with Crippen LogP contribution in [-0.4, -0.2) is 18.5 Å². The third-order valence-electron chi connectivity index (χ3n) is 1.46. The summed E-state index contributed by atoms with van der Waals surface area (Å²) in [5, 5.41) is 13.8. The minimum absolute atomic E-state index is 0.115. The molecular weight excluding hydrogens is 345 g/mol. The Morgan fingerprint density at radius 1 is 1.53 bits per heavy atom. The van der Waals surface area contributed by atoms with Gasteiger partial charge in [-0.25, -0.2) is 27.3 Å². The highest BCUT2D eigenvalue weighted by molar-refractivity contribution is 14.1. The Bertz CT molecular complexity index is 491. The number of nitrogens with zero attached hydrogens (tertiary/aromatic N) is 1. The first-order chi connectivity index (χ1) is 6.73. The molecule has 0 aliphatic heterocycles. The maximum Gasteiger partial charge on any atom is 0.281 e. The Hall–Kier alpha value is -0.550. The van der Waals surface area contributed by atoms with Crippen LogP contribution >= 0.6 is 22.6 Å². The average Bonchev–Trinajstić information content (AvgIpc) is 2.06. The van der Waals surface area contributed by atoms with E-state index in [1.807, 2.05) is 0 Å². The molecule has 0 saturated heterocycles.